The molecule has 2 aliphatic heterocycles. The van der Waals surface area contributed by atoms with Crippen LogP contribution in [0.4, 0.5) is 8.78 Å². The topological polar surface area (TPSA) is 162 Å². The Hall–Kier alpha value is -5.33. The lowest BCUT2D eigenvalue weighted by molar-refractivity contribution is -0.0273. The lowest BCUT2D eigenvalue weighted by Gasteiger charge is -2.54. The number of ether oxygens (including phenoxy) is 4. The van der Waals surface area contributed by atoms with Gasteiger partial charge in [-0.2, -0.15) is 0 Å². The highest BCUT2D eigenvalue weighted by molar-refractivity contribution is 6.32. The molecule has 2 saturated carbocycles. The van der Waals surface area contributed by atoms with Gasteiger partial charge in [0, 0.05) is 78.8 Å². The second-order valence-corrected chi connectivity index (χ2v) is 20.6. The number of ketones is 2. The van der Waals surface area contributed by atoms with Crippen molar-refractivity contribution in [3.05, 3.63) is 148 Å². The molecule has 3 aromatic carbocycles. The number of phenols is 1. The molecule has 5 aromatic rings. The van der Waals surface area contributed by atoms with E-state index in [9.17, 15) is 38.2 Å². The predicted octanol–water partition coefficient (Wildman–Crippen LogP) is 8.73. The van der Waals surface area contributed by atoms with Crippen molar-refractivity contribution in [3.63, 3.8) is 0 Å². The Bertz CT molecular complexity index is 2980. The number of carbonyl (C=O) groups excluding carboxylic acids is 2. The van der Waals surface area contributed by atoms with Gasteiger partial charge >= 0.3 is 0 Å². The van der Waals surface area contributed by atoms with Crippen LogP contribution < -0.4 is 20.3 Å². The smallest absolute Gasteiger partial charge is 0.234 e. The number of aryl methyl sites for hydroxylation is 2. The average molecular weight is 1070 g/mol. The summed E-state index contributed by atoms with van der Waals surface area (Å²) < 4.78 is 54.9. The summed E-state index contributed by atoms with van der Waals surface area (Å²) in [7, 11) is 8.73. The molecule has 19 heteroatoms. The predicted molar refractivity (Wildman–Crippen MR) is 275 cm³/mol. The molecule has 392 valence electrons. The summed E-state index contributed by atoms with van der Waals surface area (Å²) in [6.45, 7) is 3.97. The number of methoxy groups -OCH3 is 3. The van der Waals surface area contributed by atoms with Crippen LogP contribution >= 0.6 is 35.6 Å². The Morgan fingerprint density at radius 2 is 1.19 bits per heavy atom. The van der Waals surface area contributed by atoms with Crippen molar-refractivity contribution in [3.8, 4) is 23.0 Å². The second-order valence-electron chi connectivity index (χ2n) is 19.9. The van der Waals surface area contributed by atoms with Gasteiger partial charge in [-0.25, -0.2) is 8.78 Å². The van der Waals surface area contributed by atoms with Crippen molar-refractivity contribution in [1.29, 1.82) is 0 Å². The maximum absolute atomic E-state index is 14.5. The van der Waals surface area contributed by atoms with Gasteiger partial charge in [-0.15, -0.1) is 12.4 Å². The molecule has 0 bridgehead atoms. The number of rotatable bonds is 16. The Morgan fingerprint density at radius 1 is 0.699 bits per heavy atom. The van der Waals surface area contributed by atoms with Crippen LogP contribution in [-0.4, -0.2) is 102 Å². The van der Waals surface area contributed by atoms with Crippen LogP contribution in [0.5, 0.6) is 23.0 Å². The number of aromatic nitrogens is 2. The summed E-state index contributed by atoms with van der Waals surface area (Å²) in [6, 6.07) is 15.3. The Balaban J connectivity index is 0.000000214. The van der Waals surface area contributed by atoms with Gasteiger partial charge in [0.25, 0.3) is 0 Å². The lowest BCUT2D eigenvalue weighted by atomic mass is 9.67. The van der Waals surface area contributed by atoms with Crippen LogP contribution in [0.15, 0.2) is 76.6 Å². The van der Waals surface area contributed by atoms with Crippen molar-refractivity contribution in [2.75, 3.05) is 61.7 Å². The highest BCUT2D eigenvalue weighted by atomic mass is 35.5. The molecular formula is C54H61Cl3F2N4O10. The molecule has 0 unspecified atom stereocenters. The fourth-order valence-corrected chi connectivity index (χ4v) is 11.8. The normalized spacial score (nSPS) is 20.9. The van der Waals surface area contributed by atoms with Gasteiger partial charge in [0.05, 0.1) is 40.7 Å². The van der Waals surface area contributed by atoms with Crippen molar-refractivity contribution in [2.45, 2.75) is 82.1 Å². The van der Waals surface area contributed by atoms with Crippen LogP contribution in [0, 0.1) is 23.5 Å². The Kier molecular flexibility index (Phi) is 17.5. The van der Waals surface area contributed by atoms with E-state index in [1.807, 2.05) is 49.0 Å². The first-order chi connectivity index (χ1) is 34.4. The molecule has 0 radical (unpaired) electrons. The molecule has 14 nitrogen and oxygen atoms in total. The summed E-state index contributed by atoms with van der Waals surface area (Å²) >= 11 is 11.8. The van der Waals surface area contributed by atoms with Gasteiger partial charge in [0.1, 0.15) is 39.8 Å². The number of hydrogen-bond acceptors (Lipinski definition) is 12. The van der Waals surface area contributed by atoms with Gasteiger partial charge < -0.3 is 38.3 Å². The van der Waals surface area contributed by atoms with Crippen LogP contribution in [0.2, 0.25) is 10.0 Å². The van der Waals surface area contributed by atoms with E-state index in [1.165, 1.54) is 31.4 Å². The van der Waals surface area contributed by atoms with Crippen molar-refractivity contribution in [2.24, 2.45) is 11.8 Å². The fraction of sp³-hybridized carbons (Fsp3) is 0.444. The fourth-order valence-electron chi connectivity index (χ4n) is 11.3. The largest absolute Gasteiger partial charge is 0.506 e. The third-order valence-corrected chi connectivity index (χ3v) is 15.3. The average Bonchev–Trinajstić information content (AvgIpc) is 3.33. The molecule has 2 N–H and O–H groups in total. The van der Waals surface area contributed by atoms with Gasteiger partial charge in [0.2, 0.25) is 10.9 Å². The molecule has 2 aromatic heterocycles. The quantitative estimate of drug-likeness (QED) is 0.0906. The summed E-state index contributed by atoms with van der Waals surface area (Å²) in [5, 5.41) is 19.8. The summed E-state index contributed by atoms with van der Waals surface area (Å²) in [5.74, 6) is -1.82. The molecule has 9 rings (SSSR count). The highest BCUT2D eigenvalue weighted by Crippen LogP contribution is 2.49. The molecule has 73 heavy (non-hydrogen) atoms. The third kappa shape index (κ3) is 11.2. The summed E-state index contributed by atoms with van der Waals surface area (Å²) in [5.41, 5.74) is 0.915. The molecular weight excluding hydrogens is 1010 g/mol. The van der Waals surface area contributed by atoms with Gasteiger partial charge in [-0.05, 0) is 93.3 Å². The van der Waals surface area contributed by atoms with Gasteiger partial charge in [0.15, 0.2) is 23.1 Å². The van der Waals surface area contributed by atoms with E-state index in [4.69, 9.17) is 42.1 Å². The molecule has 4 aliphatic rings. The van der Waals surface area contributed by atoms with E-state index in [0.717, 1.165) is 50.0 Å². The van der Waals surface area contributed by atoms with Crippen LogP contribution in [-0.2, 0) is 53.1 Å². The highest BCUT2D eigenvalue weighted by Gasteiger charge is 2.51. The molecule has 0 saturated heterocycles. The zero-order valence-corrected chi connectivity index (χ0v) is 43.8. The lowest BCUT2D eigenvalue weighted by Crippen LogP contribution is -2.58. The van der Waals surface area contributed by atoms with E-state index in [1.54, 1.807) is 26.6 Å². The number of Topliss-reactive ketones (excluding diaryl/α,β-unsaturated/α-hetero) is 2. The standard InChI is InChI=1S/C30H32ClFN2O5.C24H28ClFN2O5.ClH/c1-33-15-23-29(39-17-19-6-4-3-5-7-19)28(37)22(14-34(23)30(18-33)12-20(13-30)16-38-2)24(35)10-8-21-9-11-25(36)26(31)27(21)32;1-27-11-17-23(31)22(30)16(10-28(17)24(13-27)8-14(9-24)12-32-2)18(29)6-4-15-5-7-19(33-3)20(25)21(15)26;/h3-7,9,11,14,20,36H,8,10,12-13,15-18H2,1-2H3;5,7,10,14,31H,4,6,8-9,11-13H2,1-3H3;1H. The number of carbonyl (C=O) groups is 2. The number of hydrogen-bond donors (Lipinski definition) is 2. The van der Waals surface area contributed by atoms with E-state index >= 15 is 0 Å². The maximum atomic E-state index is 14.5. The summed E-state index contributed by atoms with van der Waals surface area (Å²) in [4.78, 5) is 57.3. The third-order valence-electron chi connectivity index (χ3n) is 14.6. The van der Waals surface area contributed by atoms with Gasteiger partial charge in [-0.1, -0.05) is 65.7 Å². The number of aromatic hydroxyl groups is 2. The Morgan fingerprint density at radius 3 is 1.73 bits per heavy atom. The second kappa shape index (κ2) is 23.1. The first-order valence-electron chi connectivity index (χ1n) is 23.9. The van der Waals surface area contributed by atoms with E-state index in [-0.39, 0.29) is 111 Å². The number of benzene rings is 3. The SMILES string of the molecule is COCC1CC2(C1)CN(C)Cc1c(O)c(=O)c(C(=O)CCc3ccc(OC)c(Cl)c3F)cn12.COCC1CC2(C1)CN(C)Cc1c(OCc3ccccc3)c(=O)c(C(=O)CCc3ccc(O)c(Cl)c3F)cn12.Cl. The van der Waals surface area contributed by atoms with Crippen LogP contribution in [0.1, 0.15) is 87.3 Å². The van der Waals surface area contributed by atoms with Crippen molar-refractivity contribution >= 4 is 47.2 Å². The summed E-state index contributed by atoms with van der Waals surface area (Å²) in [6.07, 6.45) is 6.60. The molecule has 2 spiro atoms. The van der Waals surface area contributed by atoms with Crippen molar-refractivity contribution in [1.82, 2.24) is 18.9 Å². The molecule has 4 heterocycles. The minimum absolute atomic E-state index is 0. The monoisotopic (exact) mass is 1070 g/mol. The van der Waals surface area contributed by atoms with E-state index in [2.05, 4.69) is 14.4 Å². The first kappa shape index (κ1) is 55.4. The maximum Gasteiger partial charge on any atom is 0.234 e. The molecule has 2 fully saturated rings. The zero-order chi connectivity index (χ0) is 51.6. The van der Waals surface area contributed by atoms with E-state index < -0.39 is 34.1 Å². The molecule has 0 amide bonds. The number of phenolic OH excluding ortho intramolecular Hbond substituents is 1. The number of nitrogens with zero attached hydrogens (tertiary/aromatic N) is 4. The first-order valence-corrected chi connectivity index (χ1v) is 24.7. The molecule has 0 atom stereocenters. The van der Waals surface area contributed by atoms with Crippen LogP contribution in [0.25, 0.3) is 0 Å². The number of pyridine rings is 2. The number of likely N-dealkylation sites (N-methyl/N-ethyl adjacent to an activating group) is 2. The number of fused-ring (bicyclic) bond motifs is 4. The zero-order valence-electron chi connectivity index (χ0n) is 41.5. The minimum atomic E-state index is -0.765. The van der Waals surface area contributed by atoms with E-state index in [0.29, 0.717) is 43.8 Å². The molecule has 2 aliphatic carbocycles. The van der Waals surface area contributed by atoms with Gasteiger partial charge in [-0.3, -0.25) is 29.0 Å². The van der Waals surface area contributed by atoms with Crippen molar-refractivity contribution < 1.29 is 47.5 Å². The Labute approximate surface area is 438 Å². The number of halogens is 5. The minimum Gasteiger partial charge on any atom is -0.506 e. The van der Waals surface area contributed by atoms with Crippen LogP contribution in [0.3, 0.4) is 0 Å².